The van der Waals surface area contributed by atoms with Gasteiger partial charge in [-0.3, -0.25) is 19.2 Å². The Labute approximate surface area is 279 Å². The average Bonchev–Trinajstić information content (AvgIpc) is 3.71. The summed E-state index contributed by atoms with van der Waals surface area (Å²) in [6, 6.07) is 12.0. The highest BCUT2D eigenvalue weighted by Gasteiger charge is 2.74. The first kappa shape index (κ1) is 32.9. The third-order valence-corrected chi connectivity index (χ3v) is 10.4. The first-order valence-corrected chi connectivity index (χ1v) is 16.4. The summed E-state index contributed by atoms with van der Waals surface area (Å²) in [5.74, 6) is -3.84. The number of benzene rings is 2. The summed E-state index contributed by atoms with van der Waals surface area (Å²) in [7, 11) is 1.69. The van der Waals surface area contributed by atoms with Crippen LogP contribution < -0.4 is 4.90 Å². The number of rotatable bonds is 4. The number of carbonyl (C=O) groups is 4. The number of nitrogens with zero attached hydrogens (tertiary/aromatic N) is 3. The van der Waals surface area contributed by atoms with Gasteiger partial charge in [0, 0.05) is 20.0 Å². The number of aliphatic hydroxyl groups excluding tert-OH is 1. The predicted molar refractivity (Wildman–Crippen MR) is 175 cm³/mol. The number of likely N-dealkylation sites (N-methyl/N-ethyl adjacent to an activating group) is 1. The van der Waals surface area contributed by atoms with E-state index in [-0.39, 0.29) is 18.9 Å². The maximum absolute atomic E-state index is 14.9. The van der Waals surface area contributed by atoms with Gasteiger partial charge in [-0.15, -0.1) is 0 Å². The zero-order valence-electron chi connectivity index (χ0n) is 26.9. The molecule has 2 fully saturated rings. The first-order valence-electron chi connectivity index (χ1n) is 16.0. The van der Waals surface area contributed by atoms with Gasteiger partial charge in [-0.05, 0) is 44.4 Å². The quantitative estimate of drug-likeness (QED) is 0.389. The molecule has 2 aromatic rings. The van der Waals surface area contributed by atoms with Crippen LogP contribution in [0.4, 0.5) is 5.69 Å². The standard InChI is InChI=1S/C36H40ClN3O7/c1-21-12-11-15-25(37)30(21)39-19-10-6-9-16-27(42)38(4)23(3)31(24-13-7-5-8-14-24)46-35(45)28-26-17-18-36(47-26)29(28)33(43)40(22(2)20-41)32(36)34(39)44/h5-8,10-15,17-18,22-23,26,28-29,31-32,41H,9,16,19-20H2,1-4H3/b10-6-/t22-,23-,26+,28-,29-,31+,32+,36-/m1/s1. The van der Waals surface area contributed by atoms with Crippen LogP contribution in [0.2, 0.25) is 5.02 Å². The molecule has 11 heteroatoms. The number of hydrogen-bond donors (Lipinski definition) is 1. The number of allylic oxidation sites excluding steroid dienone is 1. The highest BCUT2D eigenvalue weighted by Crippen LogP contribution is 2.56. The van der Waals surface area contributed by atoms with Gasteiger partial charge >= 0.3 is 5.97 Å². The largest absolute Gasteiger partial charge is 0.455 e. The van der Waals surface area contributed by atoms with E-state index in [2.05, 4.69) is 0 Å². The molecule has 8 atom stereocenters. The Morgan fingerprint density at radius 2 is 1.79 bits per heavy atom. The van der Waals surface area contributed by atoms with Crippen molar-refractivity contribution in [3.8, 4) is 0 Å². The number of halogens is 1. The van der Waals surface area contributed by atoms with Gasteiger partial charge in [-0.2, -0.15) is 0 Å². The van der Waals surface area contributed by atoms with Crippen LogP contribution in [-0.4, -0.2) is 88.6 Å². The van der Waals surface area contributed by atoms with Crippen molar-refractivity contribution in [3.63, 3.8) is 0 Å². The Morgan fingerprint density at radius 1 is 1.04 bits per heavy atom. The van der Waals surface area contributed by atoms with E-state index in [0.29, 0.717) is 22.7 Å². The van der Waals surface area contributed by atoms with Crippen molar-refractivity contribution in [3.05, 3.63) is 89.0 Å². The number of anilines is 1. The fourth-order valence-electron chi connectivity index (χ4n) is 7.53. The van der Waals surface area contributed by atoms with Crippen LogP contribution >= 0.6 is 11.6 Å². The number of carbonyl (C=O) groups excluding carboxylic acids is 4. The predicted octanol–water partition coefficient (Wildman–Crippen LogP) is 3.99. The number of esters is 1. The van der Waals surface area contributed by atoms with Crippen molar-refractivity contribution >= 4 is 41.0 Å². The normalized spacial score (nSPS) is 32.5. The molecule has 5 bridgehead atoms. The molecule has 2 saturated heterocycles. The number of para-hydroxylation sites is 1. The summed E-state index contributed by atoms with van der Waals surface area (Å²) >= 11 is 6.71. The number of amides is 3. The second-order valence-corrected chi connectivity index (χ2v) is 13.3. The van der Waals surface area contributed by atoms with E-state index in [1.807, 2.05) is 62.4 Å². The maximum Gasteiger partial charge on any atom is 0.313 e. The smallest absolute Gasteiger partial charge is 0.313 e. The van der Waals surface area contributed by atoms with Crippen LogP contribution in [0.5, 0.6) is 0 Å². The van der Waals surface area contributed by atoms with Crippen LogP contribution in [-0.2, 0) is 28.7 Å². The molecule has 1 N–H and O–H groups in total. The van der Waals surface area contributed by atoms with Gasteiger partial charge in [0.25, 0.3) is 5.91 Å². The zero-order valence-corrected chi connectivity index (χ0v) is 27.7. The molecule has 0 unspecified atom stereocenters. The minimum atomic E-state index is -1.47. The monoisotopic (exact) mass is 661 g/mol. The summed E-state index contributed by atoms with van der Waals surface area (Å²) < 4.78 is 12.8. The topological polar surface area (TPSA) is 117 Å². The third kappa shape index (κ3) is 5.46. The molecule has 0 saturated carbocycles. The average molecular weight is 662 g/mol. The second-order valence-electron chi connectivity index (χ2n) is 12.9. The number of likely N-dealkylation sites (tertiary alicyclic amines) is 1. The summed E-state index contributed by atoms with van der Waals surface area (Å²) in [4.78, 5) is 61.4. The molecular formula is C36H40ClN3O7. The molecule has 10 nitrogen and oxygen atoms in total. The van der Waals surface area contributed by atoms with E-state index < -0.39 is 72.2 Å². The van der Waals surface area contributed by atoms with Crippen molar-refractivity contribution in [2.24, 2.45) is 11.8 Å². The number of aliphatic hydroxyl groups is 1. The Morgan fingerprint density at radius 3 is 2.49 bits per heavy atom. The van der Waals surface area contributed by atoms with Crippen LogP contribution in [0.1, 0.15) is 43.9 Å². The summed E-state index contributed by atoms with van der Waals surface area (Å²) in [5, 5.41) is 10.6. The lowest BCUT2D eigenvalue weighted by Crippen LogP contribution is -2.58. The maximum atomic E-state index is 14.9. The van der Waals surface area contributed by atoms with E-state index in [1.165, 1.54) is 9.80 Å². The lowest BCUT2D eigenvalue weighted by Gasteiger charge is -2.38. The molecule has 47 heavy (non-hydrogen) atoms. The highest BCUT2D eigenvalue weighted by molar-refractivity contribution is 6.34. The Hall–Kier alpha value is -3.99. The Bertz CT molecular complexity index is 1610. The van der Waals surface area contributed by atoms with Crippen molar-refractivity contribution in [2.75, 3.05) is 25.1 Å². The molecule has 0 radical (unpaired) electrons. The summed E-state index contributed by atoms with van der Waals surface area (Å²) in [5.41, 5.74) is 0.454. The van der Waals surface area contributed by atoms with E-state index >= 15 is 0 Å². The van der Waals surface area contributed by atoms with Crippen LogP contribution in [0, 0.1) is 18.8 Å². The lowest BCUT2D eigenvalue weighted by molar-refractivity contribution is -0.164. The van der Waals surface area contributed by atoms with Crippen LogP contribution in [0.3, 0.4) is 0 Å². The molecule has 0 aromatic heterocycles. The van der Waals surface area contributed by atoms with E-state index in [1.54, 1.807) is 43.2 Å². The number of aryl methyl sites for hydroxylation is 1. The fraction of sp³-hybridized carbons (Fsp3) is 0.444. The molecule has 0 aliphatic carbocycles. The van der Waals surface area contributed by atoms with Gasteiger partial charge in [0.1, 0.15) is 23.7 Å². The molecule has 4 aliphatic heterocycles. The minimum Gasteiger partial charge on any atom is -0.455 e. The van der Waals surface area contributed by atoms with Gasteiger partial charge in [0.05, 0.1) is 41.4 Å². The Balaban J connectivity index is 1.49. The van der Waals surface area contributed by atoms with E-state index in [4.69, 9.17) is 21.1 Å². The zero-order chi connectivity index (χ0) is 33.6. The molecule has 1 spiro atoms. The van der Waals surface area contributed by atoms with Gasteiger partial charge in [0.15, 0.2) is 0 Å². The molecule has 3 amide bonds. The Kier molecular flexibility index (Phi) is 9.04. The van der Waals surface area contributed by atoms with E-state index in [0.717, 1.165) is 5.56 Å². The van der Waals surface area contributed by atoms with Crippen LogP contribution in [0.15, 0.2) is 72.8 Å². The van der Waals surface area contributed by atoms with Gasteiger partial charge in [-0.1, -0.05) is 78.4 Å². The van der Waals surface area contributed by atoms with Gasteiger partial charge in [-0.25, -0.2) is 0 Å². The molecule has 2 aromatic carbocycles. The third-order valence-electron chi connectivity index (χ3n) is 10.1. The summed E-state index contributed by atoms with van der Waals surface area (Å²) in [6.45, 7) is 5.04. The van der Waals surface area contributed by atoms with Gasteiger partial charge < -0.3 is 29.3 Å². The molecule has 6 rings (SSSR count). The molecular weight excluding hydrogens is 622 g/mol. The SMILES string of the molecule is Cc1cccc(Cl)c1N1C/C=C\CCC(=O)N(C)[C@H](C)[C@@H](c2ccccc2)OC(=O)[C@@H]2[C@@H]3C=C[C@]4(O3)[C@H](C1=O)N([C@H](C)CO)C(=O)[C@@H]24. The number of hydrogen-bond acceptors (Lipinski definition) is 7. The molecule has 4 heterocycles. The number of ether oxygens (including phenoxy) is 2. The minimum absolute atomic E-state index is 0.102. The highest BCUT2D eigenvalue weighted by atomic mass is 35.5. The number of cyclic esters (lactones) is 1. The second kappa shape index (κ2) is 12.9. The first-order chi connectivity index (χ1) is 22.5. The molecule has 4 aliphatic rings. The van der Waals surface area contributed by atoms with E-state index in [9.17, 15) is 24.3 Å². The van der Waals surface area contributed by atoms with Crippen molar-refractivity contribution in [2.45, 2.75) is 69.5 Å². The summed E-state index contributed by atoms with van der Waals surface area (Å²) in [6.07, 6.45) is 6.08. The van der Waals surface area contributed by atoms with Crippen LogP contribution in [0.25, 0.3) is 0 Å². The fourth-order valence-corrected chi connectivity index (χ4v) is 7.85. The van der Waals surface area contributed by atoms with Crippen molar-refractivity contribution in [1.29, 1.82) is 0 Å². The molecule has 248 valence electrons. The van der Waals surface area contributed by atoms with Crippen molar-refractivity contribution < 1.29 is 33.8 Å². The van der Waals surface area contributed by atoms with Gasteiger partial charge in [0.2, 0.25) is 11.8 Å². The lowest BCUT2D eigenvalue weighted by atomic mass is 9.74. The van der Waals surface area contributed by atoms with Crippen molar-refractivity contribution in [1.82, 2.24) is 9.80 Å². The number of fused-ring (bicyclic) bond motifs is 2.